The fourth-order valence-corrected chi connectivity index (χ4v) is 4.38. The first-order valence-electron chi connectivity index (χ1n) is 10.7. The monoisotopic (exact) mass is 470 g/mol. The molecule has 0 saturated carbocycles. The molecule has 180 valence electrons. The summed E-state index contributed by atoms with van der Waals surface area (Å²) in [5.74, 6) is 0.132. The fraction of sp³-hybridized carbons (Fsp3) is 0.609. The van der Waals surface area contributed by atoms with Gasteiger partial charge in [-0.15, -0.1) is 0 Å². The lowest BCUT2D eigenvalue weighted by Gasteiger charge is -2.41. The maximum atomic E-state index is 12.6. The number of ether oxygens (including phenoxy) is 2. The third-order valence-electron chi connectivity index (χ3n) is 5.61. The number of rotatable bonds is 9. The first kappa shape index (κ1) is 26.3. The molecule has 0 unspecified atom stereocenters. The number of hydrogen-bond donors (Lipinski definition) is 1. The number of nitrogens with two attached hydrogens (primary N) is 1. The van der Waals surface area contributed by atoms with E-state index in [0.29, 0.717) is 37.3 Å². The first-order valence-corrected chi connectivity index (χ1v) is 12.4. The van der Waals surface area contributed by atoms with Crippen molar-refractivity contribution in [3.05, 3.63) is 36.2 Å². The summed E-state index contributed by atoms with van der Waals surface area (Å²) in [5, 5.41) is 0. The van der Waals surface area contributed by atoms with E-state index in [-0.39, 0.29) is 29.4 Å². The van der Waals surface area contributed by atoms with Crippen molar-refractivity contribution >= 4 is 15.7 Å². The molecule has 2 N–H and O–H groups in total. The van der Waals surface area contributed by atoms with Crippen molar-refractivity contribution in [2.24, 2.45) is 16.6 Å². The molecule has 9 heteroatoms. The molecular weight excluding hydrogens is 435 g/mol. The molecule has 1 saturated heterocycles. The quantitative estimate of drug-likeness (QED) is 0.595. The van der Waals surface area contributed by atoms with Crippen molar-refractivity contribution in [1.29, 1.82) is 0 Å². The van der Waals surface area contributed by atoms with Gasteiger partial charge in [0.1, 0.15) is 12.4 Å². The van der Waals surface area contributed by atoms with Gasteiger partial charge in [-0.2, -0.15) is 0 Å². The molecule has 1 aromatic rings. The highest BCUT2D eigenvalue weighted by Crippen LogP contribution is 2.33. The minimum atomic E-state index is -3.62. The Hall–Kier alpha value is -1.97. The number of benzene rings is 1. The van der Waals surface area contributed by atoms with E-state index < -0.39 is 21.2 Å². The summed E-state index contributed by atoms with van der Waals surface area (Å²) in [4.78, 5) is 14.4. The average Bonchev–Trinajstić information content (AvgIpc) is 2.74. The van der Waals surface area contributed by atoms with Crippen LogP contribution in [0.5, 0.6) is 5.75 Å². The summed E-state index contributed by atoms with van der Waals surface area (Å²) in [7, 11) is -3.62. The van der Waals surface area contributed by atoms with Gasteiger partial charge in [-0.3, -0.25) is 4.79 Å². The number of amides is 1. The molecule has 1 aromatic carbocycles. The number of halogens is 1. The van der Waals surface area contributed by atoms with Crippen LogP contribution < -0.4 is 10.5 Å². The molecule has 1 aliphatic heterocycles. The van der Waals surface area contributed by atoms with Gasteiger partial charge in [-0.05, 0) is 42.5 Å². The van der Waals surface area contributed by atoms with Gasteiger partial charge in [0, 0.05) is 30.6 Å². The number of likely N-dealkylation sites (tertiary alicyclic amines) is 1. The zero-order valence-electron chi connectivity index (χ0n) is 19.4. The van der Waals surface area contributed by atoms with Gasteiger partial charge in [-0.1, -0.05) is 27.7 Å². The van der Waals surface area contributed by atoms with Gasteiger partial charge in [0.2, 0.25) is 15.7 Å². The predicted octanol–water partition coefficient (Wildman–Crippen LogP) is 3.30. The summed E-state index contributed by atoms with van der Waals surface area (Å²) in [6.07, 6.45) is 1.93. The fourth-order valence-electron chi connectivity index (χ4n) is 3.39. The van der Waals surface area contributed by atoms with Crippen LogP contribution in [-0.2, 0) is 19.4 Å². The Bertz CT molecular complexity index is 899. The molecule has 0 aromatic heterocycles. The van der Waals surface area contributed by atoms with Crippen LogP contribution in [0.2, 0.25) is 0 Å². The Morgan fingerprint density at radius 3 is 2.31 bits per heavy atom. The molecule has 1 fully saturated rings. The number of piperidine rings is 1. The Labute approximate surface area is 190 Å². The number of carbonyl (C=O) groups excluding carboxylic acids is 1. The van der Waals surface area contributed by atoms with E-state index >= 15 is 0 Å². The molecule has 0 spiro atoms. The third-order valence-corrected chi connectivity index (χ3v) is 7.08. The normalized spacial score (nSPS) is 17.3. The molecule has 7 nitrogen and oxygen atoms in total. The van der Waals surface area contributed by atoms with Crippen molar-refractivity contribution in [2.45, 2.75) is 45.4 Å². The smallest absolute Gasteiger partial charge is 0.227 e. The molecule has 1 amide bonds. The average molecular weight is 471 g/mol. The number of hydrogen-bond acceptors (Lipinski definition) is 6. The zero-order chi connectivity index (χ0) is 24.0. The van der Waals surface area contributed by atoms with Crippen LogP contribution in [0.3, 0.4) is 0 Å². The van der Waals surface area contributed by atoms with Crippen LogP contribution in [0.25, 0.3) is 0 Å². The van der Waals surface area contributed by atoms with Crippen molar-refractivity contribution in [3.63, 3.8) is 0 Å². The summed E-state index contributed by atoms with van der Waals surface area (Å²) in [6.45, 7) is 9.44. The highest BCUT2D eigenvalue weighted by Gasteiger charge is 2.35. The largest absolute Gasteiger partial charge is 0.489 e. The predicted molar refractivity (Wildman–Crippen MR) is 122 cm³/mol. The van der Waals surface area contributed by atoms with Gasteiger partial charge in [0.25, 0.3) is 0 Å². The van der Waals surface area contributed by atoms with Crippen LogP contribution in [0.1, 0.15) is 40.5 Å². The number of sulfone groups is 1. The lowest BCUT2D eigenvalue weighted by atomic mass is 9.80. The summed E-state index contributed by atoms with van der Waals surface area (Å²) >= 11 is 0. The molecule has 0 aliphatic carbocycles. The second-order valence-electron chi connectivity index (χ2n) is 9.67. The first-order chi connectivity index (χ1) is 14.9. The summed E-state index contributed by atoms with van der Waals surface area (Å²) in [5.41, 5.74) is 5.10. The van der Waals surface area contributed by atoms with E-state index in [1.54, 1.807) is 0 Å². The van der Waals surface area contributed by atoms with E-state index in [4.69, 9.17) is 15.2 Å². The number of carbonyl (C=O) groups is 1. The van der Waals surface area contributed by atoms with E-state index in [1.807, 2.05) is 25.7 Å². The molecule has 1 heterocycles. The minimum absolute atomic E-state index is 0.000428. The maximum Gasteiger partial charge on any atom is 0.227 e. The van der Waals surface area contributed by atoms with Crippen molar-refractivity contribution in [2.75, 3.05) is 38.8 Å². The summed E-state index contributed by atoms with van der Waals surface area (Å²) < 4.78 is 48.7. The lowest BCUT2D eigenvalue weighted by molar-refractivity contribution is -0.142. The molecule has 2 rings (SSSR count). The van der Waals surface area contributed by atoms with E-state index in [2.05, 4.69) is 6.92 Å². The van der Waals surface area contributed by atoms with Crippen LogP contribution in [0, 0.1) is 10.8 Å². The van der Waals surface area contributed by atoms with Crippen molar-refractivity contribution in [1.82, 2.24) is 4.90 Å². The van der Waals surface area contributed by atoms with E-state index in [9.17, 15) is 17.6 Å². The van der Waals surface area contributed by atoms with Crippen LogP contribution in [0.4, 0.5) is 4.39 Å². The van der Waals surface area contributed by atoms with Crippen LogP contribution in [0.15, 0.2) is 41.1 Å². The van der Waals surface area contributed by atoms with Crippen LogP contribution >= 0.6 is 0 Å². The van der Waals surface area contributed by atoms with Crippen molar-refractivity contribution in [3.8, 4) is 5.75 Å². The SMILES string of the molecule is CC1(COCS(=O)(=O)c2ccc(OCC(=CF)CN)cc2)CCN(C(=O)C(C)(C)C)CC1. The standard InChI is InChI=1S/C23H35FN2O5S/c1-22(2,3)21(27)26-11-9-23(4,10-12-26)16-30-17-32(28,29)20-7-5-19(6-8-20)31-15-18(13-24)14-25/h5-8,13H,9-12,14-17,25H2,1-4H3. The Balaban J connectivity index is 1.85. The van der Waals surface area contributed by atoms with Gasteiger partial charge in [-0.25, -0.2) is 12.8 Å². The molecule has 0 atom stereocenters. The Morgan fingerprint density at radius 1 is 1.22 bits per heavy atom. The molecule has 0 bridgehead atoms. The molecular formula is C23H35FN2O5S. The van der Waals surface area contributed by atoms with Crippen molar-refractivity contribution < 1.29 is 27.1 Å². The van der Waals surface area contributed by atoms with E-state index in [0.717, 1.165) is 12.8 Å². The Kier molecular flexibility index (Phi) is 8.84. The second kappa shape index (κ2) is 10.8. The highest BCUT2D eigenvalue weighted by molar-refractivity contribution is 7.91. The summed E-state index contributed by atoms with van der Waals surface area (Å²) in [6, 6.07) is 5.91. The molecule has 1 aliphatic rings. The maximum absolute atomic E-state index is 12.6. The topological polar surface area (TPSA) is 98.9 Å². The molecule has 0 radical (unpaired) electrons. The van der Waals surface area contributed by atoms with Gasteiger partial charge < -0.3 is 20.1 Å². The lowest BCUT2D eigenvalue weighted by Crippen LogP contribution is -2.47. The number of nitrogens with zero attached hydrogens (tertiary/aromatic N) is 1. The Morgan fingerprint density at radius 2 is 1.81 bits per heavy atom. The van der Waals surface area contributed by atoms with Gasteiger partial charge >= 0.3 is 0 Å². The highest BCUT2D eigenvalue weighted by atomic mass is 32.2. The zero-order valence-corrected chi connectivity index (χ0v) is 20.2. The van der Waals surface area contributed by atoms with Crippen LogP contribution in [-0.4, -0.2) is 58.0 Å². The van der Waals surface area contributed by atoms with Gasteiger partial charge in [0.15, 0.2) is 5.94 Å². The van der Waals surface area contributed by atoms with E-state index in [1.165, 1.54) is 24.3 Å². The van der Waals surface area contributed by atoms with Gasteiger partial charge in [0.05, 0.1) is 17.8 Å². The minimum Gasteiger partial charge on any atom is -0.489 e. The molecule has 32 heavy (non-hydrogen) atoms. The third kappa shape index (κ3) is 7.28. The second-order valence-corrected chi connectivity index (χ2v) is 11.6.